The van der Waals surface area contributed by atoms with E-state index in [-0.39, 0.29) is 0 Å². The molecule has 11 heavy (non-hydrogen) atoms. The largest absolute Gasteiger partial charge is 0.345 e. The standard InChI is InChI=1S/C8H11NO2/c10-6-11-9-5-4-7-2-1-3-8(7)9/h4-8H,1-3H2. The quantitative estimate of drug-likeness (QED) is 0.556. The van der Waals surface area contributed by atoms with Crippen molar-refractivity contribution in [2.45, 2.75) is 25.3 Å². The minimum absolute atomic E-state index is 0.431. The van der Waals surface area contributed by atoms with Gasteiger partial charge in [0.15, 0.2) is 0 Å². The second-order valence-corrected chi connectivity index (χ2v) is 3.07. The van der Waals surface area contributed by atoms with Gasteiger partial charge in [0, 0.05) is 12.1 Å². The molecule has 0 radical (unpaired) electrons. The van der Waals surface area contributed by atoms with Crippen molar-refractivity contribution in [1.82, 2.24) is 5.06 Å². The van der Waals surface area contributed by atoms with Gasteiger partial charge >= 0.3 is 6.47 Å². The summed E-state index contributed by atoms with van der Waals surface area (Å²) in [5, 5.41) is 1.67. The Hall–Kier alpha value is -0.990. The molecule has 0 bridgehead atoms. The molecule has 0 saturated heterocycles. The highest BCUT2D eigenvalue weighted by Gasteiger charge is 2.34. The molecule has 2 unspecified atom stereocenters. The zero-order valence-corrected chi connectivity index (χ0v) is 6.27. The van der Waals surface area contributed by atoms with E-state index in [1.807, 2.05) is 6.20 Å². The smallest absolute Gasteiger partial charge is 0.320 e. The lowest BCUT2D eigenvalue weighted by molar-refractivity contribution is -0.168. The molecule has 1 fully saturated rings. The van der Waals surface area contributed by atoms with Gasteiger partial charge in [-0.2, -0.15) is 0 Å². The normalized spacial score (nSPS) is 34.0. The Labute approximate surface area is 65.6 Å². The number of hydrogen-bond donors (Lipinski definition) is 0. The molecule has 1 heterocycles. The van der Waals surface area contributed by atoms with Crippen LogP contribution < -0.4 is 0 Å². The molecule has 1 aliphatic heterocycles. The van der Waals surface area contributed by atoms with Crippen molar-refractivity contribution in [3.63, 3.8) is 0 Å². The van der Waals surface area contributed by atoms with Crippen molar-refractivity contribution in [3.05, 3.63) is 12.3 Å². The molecular formula is C8H11NO2. The minimum atomic E-state index is 0.431. The van der Waals surface area contributed by atoms with Crippen LogP contribution in [-0.2, 0) is 9.63 Å². The Balaban J connectivity index is 2.03. The van der Waals surface area contributed by atoms with E-state index >= 15 is 0 Å². The first-order valence-electron chi connectivity index (χ1n) is 3.99. The third-order valence-corrected chi connectivity index (χ3v) is 2.50. The van der Waals surface area contributed by atoms with E-state index < -0.39 is 0 Å². The van der Waals surface area contributed by atoms with Crippen molar-refractivity contribution < 1.29 is 9.63 Å². The molecule has 60 valence electrons. The first kappa shape index (κ1) is 6.70. The third-order valence-electron chi connectivity index (χ3n) is 2.50. The summed E-state index contributed by atoms with van der Waals surface area (Å²) in [6.45, 7) is 0.491. The SMILES string of the molecule is O=CON1C=CC2CCCC21. The van der Waals surface area contributed by atoms with Crippen molar-refractivity contribution in [2.75, 3.05) is 0 Å². The van der Waals surface area contributed by atoms with E-state index in [2.05, 4.69) is 6.08 Å². The van der Waals surface area contributed by atoms with Gasteiger partial charge in [-0.25, -0.2) is 5.06 Å². The van der Waals surface area contributed by atoms with Crippen LogP contribution in [0.5, 0.6) is 0 Å². The van der Waals surface area contributed by atoms with Crippen LogP contribution in [0.2, 0.25) is 0 Å². The first-order valence-corrected chi connectivity index (χ1v) is 3.99. The molecule has 1 saturated carbocycles. The molecule has 2 rings (SSSR count). The van der Waals surface area contributed by atoms with Gasteiger partial charge in [0.25, 0.3) is 0 Å². The molecule has 2 aliphatic rings. The summed E-state index contributed by atoms with van der Waals surface area (Å²) in [4.78, 5) is 14.8. The molecule has 1 aliphatic carbocycles. The molecule has 0 aromatic carbocycles. The highest BCUT2D eigenvalue weighted by Crippen LogP contribution is 2.35. The van der Waals surface area contributed by atoms with Crippen LogP contribution in [0.1, 0.15) is 19.3 Å². The van der Waals surface area contributed by atoms with Gasteiger partial charge in [-0.15, -0.1) is 0 Å². The maximum absolute atomic E-state index is 10.1. The Morgan fingerprint density at radius 3 is 3.27 bits per heavy atom. The molecule has 2 atom stereocenters. The molecule has 0 N–H and O–H groups in total. The monoisotopic (exact) mass is 153 g/mol. The average molecular weight is 153 g/mol. The minimum Gasteiger partial charge on any atom is -0.345 e. The second-order valence-electron chi connectivity index (χ2n) is 3.07. The number of hydroxylamine groups is 2. The Kier molecular flexibility index (Phi) is 1.56. The molecule has 0 amide bonds. The zero-order valence-electron chi connectivity index (χ0n) is 6.27. The molecule has 0 aromatic rings. The lowest BCUT2D eigenvalue weighted by Crippen LogP contribution is -2.27. The summed E-state index contributed by atoms with van der Waals surface area (Å²) in [6.07, 6.45) is 7.62. The summed E-state index contributed by atoms with van der Waals surface area (Å²) in [5.74, 6) is 0.620. The molecule has 3 heteroatoms. The van der Waals surface area contributed by atoms with Gasteiger partial charge in [-0.3, -0.25) is 4.79 Å². The fourth-order valence-corrected chi connectivity index (χ4v) is 1.98. The van der Waals surface area contributed by atoms with Crippen LogP contribution in [0.3, 0.4) is 0 Å². The van der Waals surface area contributed by atoms with Crippen LogP contribution in [-0.4, -0.2) is 17.6 Å². The second kappa shape index (κ2) is 2.57. The predicted molar refractivity (Wildman–Crippen MR) is 39.3 cm³/mol. The van der Waals surface area contributed by atoms with Gasteiger partial charge in [0.2, 0.25) is 0 Å². The van der Waals surface area contributed by atoms with Crippen molar-refractivity contribution in [3.8, 4) is 0 Å². The molecular weight excluding hydrogens is 142 g/mol. The van der Waals surface area contributed by atoms with E-state index in [9.17, 15) is 4.79 Å². The predicted octanol–water partition coefficient (Wildman–Crippen LogP) is 1.07. The van der Waals surface area contributed by atoms with Crippen molar-refractivity contribution >= 4 is 6.47 Å². The number of carbonyl (C=O) groups excluding carboxylic acids is 1. The number of nitrogens with zero attached hydrogens (tertiary/aromatic N) is 1. The third kappa shape index (κ3) is 1.00. The van der Waals surface area contributed by atoms with Crippen LogP contribution >= 0.6 is 0 Å². The van der Waals surface area contributed by atoms with Gasteiger partial charge in [0.1, 0.15) is 0 Å². The Morgan fingerprint density at radius 2 is 2.45 bits per heavy atom. The van der Waals surface area contributed by atoms with Gasteiger partial charge in [0.05, 0.1) is 6.04 Å². The lowest BCUT2D eigenvalue weighted by atomic mass is 10.1. The lowest BCUT2D eigenvalue weighted by Gasteiger charge is -2.20. The van der Waals surface area contributed by atoms with Gasteiger partial charge in [-0.05, 0) is 12.8 Å². The van der Waals surface area contributed by atoms with Crippen LogP contribution in [0.15, 0.2) is 12.3 Å². The highest BCUT2D eigenvalue weighted by atomic mass is 16.7. The number of carbonyl (C=O) groups is 1. The number of fused-ring (bicyclic) bond motifs is 1. The first-order chi connectivity index (χ1) is 5.42. The molecule has 0 aromatic heterocycles. The molecule has 3 nitrogen and oxygen atoms in total. The van der Waals surface area contributed by atoms with Crippen LogP contribution in [0.25, 0.3) is 0 Å². The van der Waals surface area contributed by atoms with E-state index in [1.165, 1.54) is 12.8 Å². The summed E-state index contributed by atoms with van der Waals surface area (Å²) in [6, 6.07) is 0.431. The zero-order chi connectivity index (χ0) is 7.68. The summed E-state index contributed by atoms with van der Waals surface area (Å²) in [7, 11) is 0. The van der Waals surface area contributed by atoms with Crippen molar-refractivity contribution in [1.29, 1.82) is 0 Å². The van der Waals surface area contributed by atoms with Crippen LogP contribution in [0.4, 0.5) is 0 Å². The van der Waals surface area contributed by atoms with E-state index in [0.717, 1.165) is 6.42 Å². The highest BCUT2D eigenvalue weighted by molar-refractivity contribution is 5.37. The molecule has 0 spiro atoms. The topological polar surface area (TPSA) is 29.5 Å². The van der Waals surface area contributed by atoms with E-state index in [4.69, 9.17) is 4.84 Å². The summed E-state index contributed by atoms with van der Waals surface area (Å²) >= 11 is 0. The fourth-order valence-electron chi connectivity index (χ4n) is 1.98. The average Bonchev–Trinajstić information content (AvgIpc) is 2.53. The number of hydrogen-bond acceptors (Lipinski definition) is 3. The van der Waals surface area contributed by atoms with Gasteiger partial charge in [-0.1, -0.05) is 12.5 Å². The van der Waals surface area contributed by atoms with E-state index in [1.54, 1.807) is 5.06 Å². The van der Waals surface area contributed by atoms with E-state index in [0.29, 0.717) is 18.4 Å². The summed E-state index contributed by atoms with van der Waals surface area (Å²) in [5.41, 5.74) is 0. The van der Waals surface area contributed by atoms with Crippen LogP contribution in [0, 0.1) is 5.92 Å². The summed E-state index contributed by atoms with van der Waals surface area (Å²) < 4.78 is 0. The fraction of sp³-hybridized carbons (Fsp3) is 0.625. The number of rotatable bonds is 2. The Morgan fingerprint density at radius 1 is 1.55 bits per heavy atom. The maximum Gasteiger partial charge on any atom is 0.320 e. The Bertz CT molecular complexity index is 191. The maximum atomic E-state index is 10.1. The van der Waals surface area contributed by atoms with Crippen molar-refractivity contribution in [2.24, 2.45) is 5.92 Å². The van der Waals surface area contributed by atoms with Gasteiger partial charge < -0.3 is 4.84 Å².